The third kappa shape index (κ3) is 1.62. The molecule has 0 amide bonds. The summed E-state index contributed by atoms with van der Waals surface area (Å²) >= 11 is 0. The topological polar surface area (TPSA) is 54.4 Å². The molecule has 0 bridgehead atoms. The lowest BCUT2D eigenvalue weighted by Gasteiger charge is -2.18. The second-order valence-electron chi connectivity index (χ2n) is 4.06. The maximum Gasteiger partial charge on any atom is 0.336 e. The summed E-state index contributed by atoms with van der Waals surface area (Å²) in [5.41, 5.74) is 2.53. The van der Waals surface area contributed by atoms with Crippen molar-refractivity contribution in [2.45, 2.75) is 32.6 Å². The predicted molar refractivity (Wildman–Crippen MR) is 60.0 cm³/mol. The Bertz CT molecular complexity index is 460. The molecule has 2 rings (SSSR count). The third-order valence-electron chi connectivity index (χ3n) is 3.12. The molecule has 3 heteroatoms. The highest BCUT2D eigenvalue weighted by Crippen LogP contribution is 2.27. The van der Waals surface area contributed by atoms with E-state index in [1.165, 1.54) is 0 Å². The molecule has 1 aliphatic rings. The van der Waals surface area contributed by atoms with Gasteiger partial charge in [0.15, 0.2) is 5.78 Å². The second-order valence-corrected chi connectivity index (χ2v) is 4.06. The molecule has 1 aliphatic carbocycles. The number of carbonyl (C=O) groups excluding carboxylic acids is 1. The van der Waals surface area contributed by atoms with Gasteiger partial charge in [0.1, 0.15) is 0 Å². The first-order valence-electron chi connectivity index (χ1n) is 5.56. The summed E-state index contributed by atoms with van der Waals surface area (Å²) < 4.78 is 0. The van der Waals surface area contributed by atoms with Crippen LogP contribution < -0.4 is 0 Å². The molecule has 0 spiro atoms. The summed E-state index contributed by atoms with van der Waals surface area (Å²) in [7, 11) is 0. The van der Waals surface area contributed by atoms with Crippen molar-refractivity contribution in [1.29, 1.82) is 0 Å². The Morgan fingerprint density at radius 1 is 1.38 bits per heavy atom. The molecule has 0 radical (unpaired) electrons. The zero-order valence-electron chi connectivity index (χ0n) is 9.25. The van der Waals surface area contributed by atoms with Crippen molar-refractivity contribution in [1.82, 2.24) is 0 Å². The Hall–Kier alpha value is -1.64. The number of rotatable bonds is 2. The van der Waals surface area contributed by atoms with E-state index in [2.05, 4.69) is 0 Å². The minimum absolute atomic E-state index is 0.0754. The molecular formula is C13H14O3. The van der Waals surface area contributed by atoms with Crippen LogP contribution in [0, 0.1) is 0 Å². The molecule has 1 aromatic rings. The van der Waals surface area contributed by atoms with E-state index in [0.717, 1.165) is 17.5 Å². The molecular weight excluding hydrogens is 204 g/mol. The first-order chi connectivity index (χ1) is 7.65. The molecule has 3 nitrogen and oxygen atoms in total. The molecule has 0 atom stereocenters. The van der Waals surface area contributed by atoms with Crippen molar-refractivity contribution in [2.75, 3.05) is 0 Å². The molecule has 1 N–H and O–H groups in total. The average molecular weight is 218 g/mol. The van der Waals surface area contributed by atoms with Gasteiger partial charge in [-0.3, -0.25) is 4.79 Å². The van der Waals surface area contributed by atoms with Crippen LogP contribution in [0.3, 0.4) is 0 Å². The summed E-state index contributed by atoms with van der Waals surface area (Å²) in [6.07, 6.45) is 2.69. The van der Waals surface area contributed by atoms with Crippen molar-refractivity contribution in [3.05, 3.63) is 34.4 Å². The van der Waals surface area contributed by atoms with E-state index in [1.54, 1.807) is 12.1 Å². The van der Waals surface area contributed by atoms with Crippen LogP contribution in [-0.4, -0.2) is 16.9 Å². The lowest BCUT2D eigenvalue weighted by Crippen LogP contribution is -2.17. The first kappa shape index (κ1) is 10.9. The lowest BCUT2D eigenvalue weighted by molar-refractivity contribution is 0.0694. The number of carboxylic acid groups (broad SMARTS) is 1. The molecule has 0 saturated carbocycles. The molecule has 0 saturated heterocycles. The second kappa shape index (κ2) is 4.08. The van der Waals surface area contributed by atoms with E-state index in [1.807, 2.05) is 6.92 Å². The number of hydrogen-bond donors (Lipinski definition) is 1. The summed E-state index contributed by atoms with van der Waals surface area (Å²) in [6.45, 7) is 1.93. The van der Waals surface area contributed by atoms with Gasteiger partial charge in [-0.2, -0.15) is 0 Å². The molecule has 16 heavy (non-hydrogen) atoms. The van der Waals surface area contributed by atoms with Crippen LogP contribution in [0.15, 0.2) is 12.1 Å². The highest BCUT2D eigenvalue weighted by atomic mass is 16.4. The van der Waals surface area contributed by atoms with Gasteiger partial charge in [0.05, 0.1) is 5.56 Å². The molecule has 0 fully saturated rings. The van der Waals surface area contributed by atoms with Gasteiger partial charge in [-0.15, -0.1) is 0 Å². The lowest BCUT2D eigenvalue weighted by atomic mass is 9.84. The van der Waals surface area contributed by atoms with Crippen LogP contribution in [0.5, 0.6) is 0 Å². The Morgan fingerprint density at radius 3 is 2.75 bits per heavy atom. The smallest absolute Gasteiger partial charge is 0.336 e. The average Bonchev–Trinajstić information content (AvgIpc) is 2.27. The van der Waals surface area contributed by atoms with Crippen molar-refractivity contribution in [2.24, 2.45) is 0 Å². The highest BCUT2D eigenvalue weighted by Gasteiger charge is 2.24. The summed E-state index contributed by atoms with van der Waals surface area (Å²) in [6, 6.07) is 3.55. The monoisotopic (exact) mass is 218 g/mol. The number of aromatic carboxylic acids is 1. The SMILES string of the molecule is CCc1ccc2c(c1C(=O)O)CCCC2=O. The number of carboxylic acids is 1. The van der Waals surface area contributed by atoms with E-state index < -0.39 is 5.97 Å². The number of Topliss-reactive ketones (excluding diaryl/α,β-unsaturated/α-hetero) is 1. The Morgan fingerprint density at radius 2 is 2.12 bits per heavy atom. The number of ketones is 1. The van der Waals surface area contributed by atoms with Crippen molar-refractivity contribution >= 4 is 11.8 Å². The molecule has 1 aromatic carbocycles. The maximum absolute atomic E-state index is 11.7. The van der Waals surface area contributed by atoms with E-state index >= 15 is 0 Å². The van der Waals surface area contributed by atoms with Crippen LogP contribution in [0.25, 0.3) is 0 Å². The maximum atomic E-state index is 11.7. The van der Waals surface area contributed by atoms with Gasteiger partial charge < -0.3 is 5.11 Å². The zero-order valence-corrected chi connectivity index (χ0v) is 9.25. The Balaban J connectivity index is 2.67. The number of hydrogen-bond acceptors (Lipinski definition) is 2. The van der Waals surface area contributed by atoms with Crippen LogP contribution in [0.1, 0.15) is 51.6 Å². The van der Waals surface area contributed by atoms with Crippen LogP contribution in [-0.2, 0) is 12.8 Å². The van der Waals surface area contributed by atoms with Crippen LogP contribution in [0.2, 0.25) is 0 Å². The van der Waals surface area contributed by atoms with Gasteiger partial charge in [-0.05, 0) is 30.4 Å². The van der Waals surface area contributed by atoms with E-state index in [9.17, 15) is 14.7 Å². The van der Waals surface area contributed by atoms with Gasteiger partial charge in [-0.1, -0.05) is 19.1 Å². The van der Waals surface area contributed by atoms with Gasteiger partial charge in [0.2, 0.25) is 0 Å². The standard InChI is InChI=1S/C13H14O3/c1-2-8-6-7-9-10(12(8)13(15)16)4-3-5-11(9)14/h6-7H,2-5H2,1H3,(H,15,16). The number of aryl methyl sites for hydroxylation is 1. The summed E-state index contributed by atoms with van der Waals surface area (Å²) in [5.74, 6) is -0.838. The fourth-order valence-corrected chi connectivity index (χ4v) is 2.34. The molecule has 0 unspecified atom stereocenters. The molecule has 0 heterocycles. The quantitative estimate of drug-likeness (QED) is 0.829. The predicted octanol–water partition coefficient (Wildman–Crippen LogP) is 2.47. The van der Waals surface area contributed by atoms with Gasteiger partial charge in [0.25, 0.3) is 0 Å². The van der Waals surface area contributed by atoms with E-state index in [0.29, 0.717) is 30.4 Å². The molecule has 0 aliphatic heterocycles. The number of benzene rings is 1. The van der Waals surface area contributed by atoms with Gasteiger partial charge in [0, 0.05) is 12.0 Å². The Labute approximate surface area is 94.1 Å². The minimum atomic E-state index is -0.914. The third-order valence-corrected chi connectivity index (χ3v) is 3.12. The van der Waals surface area contributed by atoms with Crippen molar-refractivity contribution in [3.8, 4) is 0 Å². The largest absolute Gasteiger partial charge is 0.478 e. The highest BCUT2D eigenvalue weighted by molar-refractivity contribution is 6.02. The fraction of sp³-hybridized carbons (Fsp3) is 0.385. The number of carbonyl (C=O) groups is 2. The van der Waals surface area contributed by atoms with Crippen molar-refractivity contribution in [3.63, 3.8) is 0 Å². The molecule has 84 valence electrons. The zero-order chi connectivity index (χ0) is 11.7. The van der Waals surface area contributed by atoms with E-state index in [-0.39, 0.29) is 5.78 Å². The van der Waals surface area contributed by atoms with Crippen LogP contribution >= 0.6 is 0 Å². The normalized spacial score (nSPS) is 14.7. The fourth-order valence-electron chi connectivity index (χ4n) is 2.34. The van der Waals surface area contributed by atoms with Gasteiger partial charge >= 0.3 is 5.97 Å². The van der Waals surface area contributed by atoms with Gasteiger partial charge in [-0.25, -0.2) is 4.79 Å². The first-order valence-corrected chi connectivity index (χ1v) is 5.56. The summed E-state index contributed by atoms with van der Waals surface area (Å²) in [5, 5.41) is 9.23. The molecule has 0 aromatic heterocycles. The van der Waals surface area contributed by atoms with Crippen LogP contribution in [0.4, 0.5) is 0 Å². The summed E-state index contributed by atoms with van der Waals surface area (Å²) in [4.78, 5) is 22.9. The number of fused-ring (bicyclic) bond motifs is 1. The van der Waals surface area contributed by atoms with E-state index in [4.69, 9.17) is 0 Å². The minimum Gasteiger partial charge on any atom is -0.478 e. The Kier molecular flexibility index (Phi) is 2.77. The van der Waals surface area contributed by atoms with Crippen molar-refractivity contribution < 1.29 is 14.7 Å².